The van der Waals surface area contributed by atoms with Gasteiger partial charge in [-0.1, -0.05) is 31.2 Å². The zero-order valence-corrected chi connectivity index (χ0v) is 22.9. The van der Waals surface area contributed by atoms with Crippen molar-refractivity contribution in [2.24, 2.45) is 5.92 Å². The smallest absolute Gasteiger partial charge is 0.321 e. The number of aliphatic hydroxyl groups excluding tert-OH is 1. The van der Waals surface area contributed by atoms with Gasteiger partial charge in [0.15, 0.2) is 0 Å². The number of carbonyl (C=O) groups is 1. The number of aliphatic hydroxyl groups is 1. The van der Waals surface area contributed by atoms with Gasteiger partial charge in [0.05, 0.1) is 17.3 Å². The van der Waals surface area contributed by atoms with Gasteiger partial charge >= 0.3 is 5.97 Å². The number of ether oxygens (including phenoxy) is 1. The molecule has 2 bridgehead atoms. The van der Waals surface area contributed by atoms with Crippen LogP contribution in [0.5, 0.6) is 0 Å². The molecule has 3 aliphatic heterocycles. The molecule has 6 heteroatoms. The van der Waals surface area contributed by atoms with Crippen molar-refractivity contribution < 1.29 is 19.7 Å². The molecule has 7 atom stereocenters. The van der Waals surface area contributed by atoms with Crippen LogP contribution in [-0.4, -0.2) is 62.0 Å². The number of likely N-dealkylation sites (tertiary alicyclic amines) is 1. The Labute approximate surface area is 230 Å². The largest absolute Gasteiger partial charge is 0.480 e. The Morgan fingerprint density at radius 2 is 2.03 bits per heavy atom. The summed E-state index contributed by atoms with van der Waals surface area (Å²) in [5.74, 6) is 0.115. The lowest BCUT2D eigenvalue weighted by Gasteiger charge is -2.50. The minimum atomic E-state index is -0.815. The lowest BCUT2D eigenvalue weighted by Crippen LogP contribution is -2.53. The molecule has 2 saturated heterocycles. The third kappa shape index (κ3) is 4.18. The maximum Gasteiger partial charge on any atom is 0.321 e. The highest BCUT2D eigenvalue weighted by atomic mass is 16.5. The Hall–Kier alpha value is -2.54. The van der Waals surface area contributed by atoms with E-state index < -0.39 is 18.1 Å². The molecule has 3 fully saturated rings. The summed E-state index contributed by atoms with van der Waals surface area (Å²) in [6.45, 7) is 2.84. The zero-order chi connectivity index (χ0) is 26.8. The standard InChI is InChI=1S/C33H40N2O4/c1-21-5-6-22(24-8-7-23-11-14-34-19-25(23)15-24)3-2-4-27-16-26-9-10-28(18-32(26)12-13-33(21,27)39-32)35-20-29(36)17-30(35)31(37)38/h4,7-8,11,14-16,19,21-22,28-30,36H,2-3,5-6,9-10,12-13,17-18,20H2,1H3,(H,37,38)/b27-4-/t21-,22+,28?,29+,30-,32+,33-/m0/s1. The van der Waals surface area contributed by atoms with Crippen molar-refractivity contribution in [1.29, 1.82) is 0 Å². The van der Waals surface area contributed by atoms with E-state index in [2.05, 4.69) is 53.2 Å². The van der Waals surface area contributed by atoms with Crippen LogP contribution in [0.3, 0.4) is 0 Å². The number of hydrogen-bond acceptors (Lipinski definition) is 5. The van der Waals surface area contributed by atoms with E-state index in [-0.39, 0.29) is 17.2 Å². The van der Waals surface area contributed by atoms with Crippen LogP contribution in [-0.2, 0) is 9.53 Å². The number of β-amino-alcohol motifs (C(OH)–C–C–N with tert-alkyl or cyclic N) is 1. The monoisotopic (exact) mass is 528 g/mol. The van der Waals surface area contributed by atoms with Crippen LogP contribution in [0.2, 0.25) is 0 Å². The second-order valence-electron chi connectivity index (χ2n) is 12.9. The normalized spacial score (nSPS) is 40.0. The number of rotatable bonds is 3. The van der Waals surface area contributed by atoms with Crippen molar-refractivity contribution in [3.8, 4) is 0 Å². The molecule has 7 rings (SSSR count). The SMILES string of the molecule is C[C@H]1CC[C@H](c2ccc3ccncc3c2)CC/C=C2/C=C3CCC(N4C[C@H](O)C[C@H]4C(=O)O)C[C@]34CC[C@@]21O4. The van der Waals surface area contributed by atoms with E-state index >= 15 is 0 Å². The molecule has 0 amide bonds. The minimum absolute atomic E-state index is 0.138. The number of allylic oxidation sites excluding steroid dienone is 1. The van der Waals surface area contributed by atoms with E-state index in [1.165, 1.54) is 27.5 Å². The summed E-state index contributed by atoms with van der Waals surface area (Å²) in [6.07, 6.45) is 17.8. The van der Waals surface area contributed by atoms with E-state index in [1.807, 2.05) is 12.4 Å². The lowest BCUT2D eigenvalue weighted by atomic mass is 9.73. The van der Waals surface area contributed by atoms with Gasteiger partial charge in [-0.05, 0) is 104 Å². The number of fused-ring (bicyclic) bond motifs is 1. The molecule has 1 aromatic heterocycles. The van der Waals surface area contributed by atoms with Gasteiger partial charge in [0, 0.05) is 36.8 Å². The van der Waals surface area contributed by atoms with Crippen LogP contribution in [0.1, 0.15) is 82.6 Å². The van der Waals surface area contributed by atoms with Crippen molar-refractivity contribution in [3.05, 3.63) is 65.5 Å². The Kier molecular flexibility index (Phi) is 6.22. The van der Waals surface area contributed by atoms with E-state index in [9.17, 15) is 15.0 Å². The van der Waals surface area contributed by atoms with Crippen LogP contribution in [0, 0.1) is 5.92 Å². The van der Waals surface area contributed by atoms with Gasteiger partial charge in [-0.15, -0.1) is 0 Å². The zero-order valence-electron chi connectivity index (χ0n) is 22.9. The molecule has 4 heterocycles. The predicted molar refractivity (Wildman–Crippen MR) is 150 cm³/mol. The van der Waals surface area contributed by atoms with E-state index in [0.717, 1.165) is 57.8 Å². The molecule has 1 aromatic carbocycles. The second kappa shape index (κ2) is 9.53. The van der Waals surface area contributed by atoms with Crippen molar-refractivity contribution in [2.75, 3.05) is 6.54 Å². The quantitative estimate of drug-likeness (QED) is 0.528. The molecule has 2 N–H and O–H groups in total. The lowest BCUT2D eigenvalue weighted by molar-refractivity contribution is -0.145. The first-order valence-electron chi connectivity index (χ1n) is 15.0. The summed E-state index contributed by atoms with van der Waals surface area (Å²) >= 11 is 0. The van der Waals surface area contributed by atoms with Gasteiger partial charge in [0.25, 0.3) is 0 Å². The molecule has 6 nitrogen and oxygen atoms in total. The molecular formula is C33H40N2O4. The Bertz CT molecular complexity index is 1350. The fourth-order valence-electron chi connectivity index (χ4n) is 8.68. The maximum absolute atomic E-state index is 12.0. The van der Waals surface area contributed by atoms with Crippen LogP contribution >= 0.6 is 0 Å². The van der Waals surface area contributed by atoms with Crippen molar-refractivity contribution >= 4 is 16.7 Å². The number of carboxylic acids is 1. The summed E-state index contributed by atoms with van der Waals surface area (Å²) in [4.78, 5) is 18.4. The number of aromatic nitrogens is 1. The highest BCUT2D eigenvalue weighted by Crippen LogP contribution is 2.59. The fourth-order valence-corrected chi connectivity index (χ4v) is 8.68. The molecule has 2 spiro atoms. The average Bonchev–Trinajstić information content (AvgIpc) is 3.50. The summed E-state index contributed by atoms with van der Waals surface area (Å²) in [7, 11) is 0. The van der Waals surface area contributed by atoms with Crippen LogP contribution in [0.15, 0.2) is 60.0 Å². The van der Waals surface area contributed by atoms with Crippen LogP contribution in [0.4, 0.5) is 0 Å². The molecule has 2 aliphatic carbocycles. The fraction of sp³-hybridized carbons (Fsp3) is 0.576. The number of carboxylic acid groups (broad SMARTS) is 1. The van der Waals surface area contributed by atoms with E-state index in [0.29, 0.717) is 24.8 Å². The Morgan fingerprint density at radius 3 is 2.90 bits per heavy atom. The van der Waals surface area contributed by atoms with Crippen molar-refractivity contribution in [3.63, 3.8) is 0 Å². The van der Waals surface area contributed by atoms with Gasteiger partial charge < -0.3 is 14.9 Å². The highest BCUT2D eigenvalue weighted by Gasteiger charge is 2.60. The molecule has 1 unspecified atom stereocenters. The Morgan fingerprint density at radius 1 is 1.13 bits per heavy atom. The third-order valence-electron chi connectivity index (χ3n) is 10.8. The summed E-state index contributed by atoms with van der Waals surface area (Å²) in [5.41, 5.74) is 3.69. The molecule has 0 radical (unpaired) electrons. The van der Waals surface area contributed by atoms with E-state index in [1.54, 1.807) is 0 Å². The Balaban J connectivity index is 1.14. The number of hydrogen-bond donors (Lipinski definition) is 2. The van der Waals surface area contributed by atoms with Crippen molar-refractivity contribution in [1.82, 2.24) is 9.88 Å². The topological polar surface area (TPSA) is 82.9 Å². The second-order valence-corrected chi connectivity index (χ2v) is 12.9. The van der Waals surface area contributed by atoms with Gasteiger partial charge in [-0.2, -0.15) is 0 Å². The average molecular weight is 529 g/mol. The molecule has 1 saturated carbocycles. The number of benzene rings is 1. The maximum atomic E-state index is 12.0. The molecule has 5 aliphatic rings. The first-order chi connectivity index (χ1) is 18.9. The van der Waals surface area contributed by atoms with Crippen molar-refractivity contribution in [2.45, 2.75) is 106 Å². The number of nitrogens with zero attached hydrogens (tertiary/aromatic N) is 2. The third-order valence-corrected chi connectivity index (χ3v) is 10.8. The molecule has 206 valence electrons. The summed E-state index contributed by atoms with van der Waals surface area (Å²) in [6, 6.07) is 8.52. The summed E-state index contributed by atoms with van der Waals surface area (Å²) < 4.78 is 7.31. The van der Waals surface area contributed by atoms with Gasteiger partial charge in [-0.25, -0.2) is 0 Å². The highest BCUT2D eigenvalue weighted by molar-refractivity contribution is 5.82. The minimum Gasteiger partial charge on any atom is -0.480 e. The summed E-state index contributed by atoms with van der Waals surface area (Å²) in [5, 5.41) is 22.6. The molecular weight excluding hydrogens is 488 g/mol. The van der Waals surface area contributed by atoms with Crippen LogP contribution < -0.4 is 0 Å². The first kappa shape index (κ1) is 25.4. The molecule has 39 heavy (non-hydrogen) atoms. The number of aliphatic carboxylic acids is 1. The van der Waals surface area contributed by atoms with Gasteiger partial charge in [0.1, 0.15) is 6.04 Å². The number of pyridine rings is 1. The van der Waals surface area contributed by atoms with Crippen LogP contribution in [0.25, 0.3) is 10.8 Å². The first-order valence-corrected chi connectivity index (χ1v) is 15.0. The van der Waals surface area contributed by atoms with Gasteiger partial charge in [0.2, 0.25) is 0 Å². The van der Waals surface area contributed by atoms with E-state index in [4.69, 9.17) is 4.74 Å². The predicted octanol–water partition coefficient (Wildman–Crippen LogP) is 5.76. The molecule has 2 aromatic rings. The van der Waals surface area contributed by atoms with Gasteiger partial charge in [-0.3, -0.25) is 14.7 Å².